The Morgan fingerprint density at radius 2 is 2.35 bits per heavy atom. The van der Waals surface area contributed by atoms with Crippen LogP contribution in [-0.4, -0.2) is 56.0 Å². The summed E-state index contributed by atoms with van der Waals surface area (Å²) < 4.78 is 1.90. The molecule has 8 heteroatoms. The molecule has 1 aliphatic rings. The quantitative estimate of drug-likeness (QED) is 0.629. The van der Waals surface area contributed by atoms with Crippen LogP contribution in [0.5, 0.6) is 0 Å². The van der Waals surface area contributed by atoms with E-state index in [0.717, 1.165) is 42.7 Å². The Labute approximate surface area is 140 Å². The van der Waals surface area contributed by atoms with E-state index in [0.29, 0.717) is 12.3 Å². The van der Waals surface area contributed by atoms with Crippen LogP contribution in [0.2, 0.25) is 0 Å². The van der Waals surface area contributed by atoms with Gasteiger partial charge < -0.3 is 10.0 Å². The maximum Gasteiger partial charge on any atom is 0.189 e. The van der Waals surface area contributed by atoms with E-state index < -0.39 is 0 Å². The standard InChI is InChI=1S/C15H22N6OS/c1-23-15-16-6-4-14(17-15)20-7-2-3-12(9-20)10-21-11-13(5-8-22)18-19-21/h4,6,11-12,22H,2-3,5,7-10H2,1H3. The van der Waals surface area contributed by atoms with Crippen LogP contribution in [0, 0.1) is 5.92 Å². The molecule has 23 heavy (non-hydrogen) atoms. The van der Waals surface area contributed by atoms with Crippen LogP contribution >= 0.6 is 11.8 Å². The monoisotopic (exact) mass is 334 g/mol. The molecule has 3 rings (SSSR count). The summed E-state index contributed by atoms with van der Waals surface area (Å²) >= 11 is 1.57. The third-order valence-electron chi connectivity index (χ3n) is 4.04. The number of nitrogens with zero attached hydrogens (tertiary/aromatic N) is 6. The van der Waals surface area contributed by atoms with E-state index in [-0.39, 0.29) is 6.61 Å². The van der Waals surface area contributed by atoms with Crippen LogP contribution in [0.3, 0.4) is 0 Å². The lowest BCUT2D eigenvalue weighted by atomic mass is 9.98. The van der Waals surface area contributed by atoms with Crippen molar-refractivity contribution < 1.29 is 5.11 Å². The van der Waals surface area contributed by atoms with Gasteiger partial charge in [-0.2, -0.15) is 0 Å². The smallest absolute Gasteiger partial charge is 0.189 e. The minimum absolute atomic E-state index is 0.112. The third-order valence-corrected chi connectivity index (χ3v) is 4.61. The van der Waals surface area contributed by atoms with Gasteiger partial charge in [0.15, 0.2) is 5.16 Å². The van der Waals surface area contributed by atoms with Crippen molar-refractivity contribution in [1.29, 1.82) is 0 Å². The Bertz CT molecular complexity index is 634. The fourth-order valence-corrected chi connectivity index (χ4v) is 3.30. The Balaban J connectivity index is 1.63. The van der Waals surface area contributed by atoms with E-state index in [1.807, 2.05) is 29.4 Å². The molecule has 124 valence electrons. The molecule has 1 atom stereocenters. The maximum atomic E-state index is 8.96. The molecule has 2 aromatic heterocycles. The minimum atomic E-state index is 0.112. The molecular formula is C15H22N6OS. The van der Waals surface area contributed by atoms with Crippen molar-refractivity contribution >= 4 is 17.6 Å². The average molecular weight is 334 g/mol. The van der Waals surface area contributed by atoms with Gasteiger partial charge in [-0.15, -0.1) is 5.10 Å². The van der Waals surface area contributed by atoms with Crippen molar-refractivity contribution in [2.24, 2.45) is 5.92 Å². The highest BCUT2D eigenvalue weighted by Gasteiger charge is 2.22. The molecule has 0 spiro atoms. The van der Waals surface area contributed by atoms with Crippen molar-refractivity contribution in [3.8, 4) is 0 Å². The number of aromatic nitrogens is 5. The first-order valence-electron chi connectivity index (χ1n) is 7.90. The van der Waals surface area contributed by atoms with Crippen molar-refractivity contribution in [1.82, 2.24) is 25.0 Å². The van der Waals surface area contributed by atoms with Gasteiger partial charge >= 0.3 is 0 Å². The van der Waals surface area contributed by atoms with Gasteiger partial charge in [-0.3, -0.25) is 4.68 Å². The van der Waals surface area contributed by atoms with Crippen LogP contribution in [0.25, 0.3) is 0 Å². The first kappa shape index (κ1) is 16.2. The highest BCUT2D eigenvalue weighted by molar-refractivity contribution is 7.98. The summed E-state index contributed by atoms with van der Waals surface area (Å²) in [4.78, 5) is 11.2. The van der Waals surface area contributed by atoms with Crippen LogP contribution in [-0.2, 0) is 13.0 Å². The molecule has 1 aliphatic heterocycles. The Morgan fingerprint density at radius 3 is 3.17 bits per heavy atom. The van der Waals surface area contributed by atoms with Gasteiger partial charge in [-0.1, -0.05) is 17.0 Å². The fourth-order valence-electron chi connectivity index (χ4n) is 2.95. The molecule has 2 aromatic rings. The van der Waals surface area contributed by atoms with E-state index >= 15 is 0 Å². The van der Waals surface area contributed by atoms with E-state index in [2.05, 4.69) is 25.2 Å². The lowest BCUT2D eigenvalue weighted by Crippen LogP contribution is -2.37. The van der Waals surface area contributed by atoms with Crippen LogP contribution in [0.15, 0.2) is 23.6 Å². The molecule has 1 saturated heterocycles. The average Bonchev–Trinajstić information content (AvgIpc) is 3.02. The molecule has 1 N–H and O–H groups in total. The lowest BCUT2D eigenvalue weighted by Gasteiger charge is -2.33. The second-order valence-electron chi connectivity index (χ2n) is 5.76. The summed E-state index contributed by atoms with van der Waals surface area (Å²) in [6, 6.07) is 1.98. The molecule has 0 aliphatic carbocycles. The number of hydrogen-bond donors (Lipinski definition) is 1. The second kappa shape index (κ2) is 7.74. The van der Waals surface area contributed by atoms with Crippen LogP contribution < -0.4 is 4.90 Å². The largest absolute Gasteiger partial charge is 0.396 e. The highest BCUT2D eigenvalue weighted by atomic mass is 32.2. The van der Waals surface area contributed by atoms with Gasteiger partial charge in [0, 0.05) is 45.1 Å². The van der Waals surface area contributed by atoms with Gasteiger partial charge in [0.05, 0.1) is 5.69 Å². The molecule has 3 heterocycles. The Kier molecular flexibility index (Phi) is 5.45. The van der Waals surface area contributed by atoms with Gasteiger partial charge in [-0.05, 0) is 31.1 Å². The lowest BCUT2D eigenvalue weighted by molar-refractivity contribution is 0.298. The van der Waals surface area contributed by atoms with Crippen molar-refractivity contribution in [3.63, 3.8) is 0 Å². The number of rotatable bonds is 6. The first-order chi connectivity index (χ1) is 11.3. The Morgan fingerprint density at radius 1 is 1.43 bits per heavy atom. The van der Waals surface area contributed by atoms with Gasteiger partial charge in [-0.25, -0.2) is 9.97 Å². The number of aliphatic hydroxyl groups excluding tert-OH is 1. The highest BCUT2D eigenvalue weighted by Crippen LogP contribution is 2.23. The molecule has 0 radical (unpaired) electrons. The number of aliphatic hydroxyl groups is 1. The van der Waals surface area contributed by atoms with E-state index in [1.54, 1.807) is 11.8 Å². The summed E-state index contributed by atoms with van der Waals surface area (Å²) in [6.45, 7) is 2.98. The predicted molar refractivity (Wildman–Crippen MR) is 89.6 cm³/mol. The first-order valence-corrected chi connectivity index (χ1v) is 9.13. The number of piperidine rings is 1. The van der Waals surface area contributed by atoms with E-state index in [9.17, 15) is 0 Å². The SMILES string of the molecule is CSc1nccc(N2CCCC(Cn3cc(CCO)nn3)C2)n1. The molecular weight excluding hydrogens is 312 g/mol. The second-order valence-corrected chi connectivity index (χ2v) is 6.53. The molecule has 0 aromatic carbocycles. The van der Waals surface area contributed by atoms with Crippen LogP contribution in [0.1, 0.15) is 18.5 Å². The topological polar surface area (TPSA) is 80.0 Å². The fraction of sp³-hybridized carbons (Fsp3) is 0.600. The Hall–Kier alpha value is -1.67. The summed E-state index contributed by atoms with van der Waals surface area (Å²) in [7, 11) is 0. The van der Waals surface area contributed by atoms with Gasteiger partial charge in [0.25, 0.3) is 0 Å². The van der Waals surface area contributed by atoms with E-state index in [4.69, 9.17) is 5.11 Å². The molecule has 7 nitrogen and oxygen atoms in total. The van der Waals surface area contributed by atoms with Crippen molar-refractivity contribution in [3.05, 3.63) is 24.2 Å². The molecule has 0 amide bonds. The van der Waals surface area contributed by atoms with Crippen molar-refractivity contribution in [2.75, 3.05) is 30.9 Å². The molecule has 1 fully saturated rings. The summed E-state index contributed by atoms with van der Waals surface area (Å²) in [6.07, 6.45) is 8.66. The van der Waals surface area contributed by atoms with Crippen LogP contribution in [0.4, 0.5) is 5.82 Å². The zero-order valence-electron chi connectivity index (χ0n) is 13.3. The molecule has 0 bridgehead atoms. The number of anilines is 1. The third kappa shape index (κ3) is 4.20. The zero-order chi connectivity index (χ0) is 16.1. The number of thioether (sulfide) groups is 1. The van der Waals surface area contributed by atoms with E-state index in [1.165, 1.54) is 6.42 Å². The normalized spacial score (nSPS) is 18.3. The molecule has 1 unspecified atom stereocenters. The summed E-state index contributed by atoms with van der Waals surface area (Å²) in [5.41, 5.74) is 0.848. The number of hydrogen-bond acceptors (Lipinski definition) is 7. The van der Waals surface area contributed by atoms with Gasteiger partial charge in [0.2, 0.25) is 0 Å². The van der Waals surface area contributed by atoms with Gasteiger partial charge in [0.1, 0.15) is 5.82 Å². The minimum Gasteiger partial charge on any atom is -0.396 e. The summed E-state index contributed by atoms with van der Waals surface area (Å²) in [5.74, 6) is 1.54. The molecule has 0 saturated carbocycles. The zero-order valence-corrected chi connectivity index (χ0v) is 14.1. The summed E-state index contributed by atoms with van der Waals surface area (Å²) in [5, 5.41) is 18.0. The van der Waals surface area contributed by atoms with Crippen molar-refractivity contribution in [2.45, 2.75) is 31.0 Å². The predicted octanol–water partition coefficient (Wildman–Crippen LogP) is 1.24. The maximum absolute atomic E-state index is 8.96.